The summed E-state index contributed by atoms with van der Waals surface area (Å²) in [7, 11) is 0. The fourth-order valence-corrected chi connectivity index (χ4v) is 1.33. The number of rotatable bonds is 2. The van der Waals surface area contributed by atoms with E-state index in [1.165, 1.54) is 0 Å². The fourth-order valence-electron chi connectivity index (χ4n) is 1.24. The molecule has 0 aromatic rings. The molecule has 0 aromatic carbocycles. The van der Waals surface area contributed by atoms with Gasteiger partial charge in [-0.2, -0.15) is 12.6 Å². The number of nitrogens with one attached hydrogen (secondary N) is 2. The van der Waals surface area contributed by atoms with Crippen LogP contribution < -0.4 is 10.6 Å². The predicted molar refractivity (Wildman–Crippen MR) is 47.9 cm³/mol. The first-order valence-electron chi connectivity index (χ1n) is 3.94. The van der Waals surface area contributed by atoms with Crippen molar-refractivity contribution in [2.45, 2.75) is 18.9 Å². The van der Waals surface area contributed by atoms with E-state index in [9.17, 15) is 4.79 Å². The Morgan fingerprint density at radius 3 is 2.73 bits per heavy atom. The third-order valence-corrected chi connectivity index (χ3v) is 2.14. The Hall–Kier alpha value is -0.220. The zero-order chi connectivity index (χ0) is 8.10. The van der Waals surface area contributed by atoms with Gasteiger partial charge in [0.25, 0.3) is 0 Å². The molecular formula is C7H14N2OS. The van der Waals surface area contributed by atoms with Gasteiger partial charge in [0.15, 0.2) is 0 Å². The zero-order valence-electron chi connectivity index (χ0n) is 6.47. The molecule has 1 saturated heterocycles. The van der Waals surface area contributed by atoms with Crippen molar-refractivity contribution in [3.63, 3.8) is 0 Å². The van der Waals surface area contributed by atoms with Gasteiger partial charge in [0.05, 0.1) is 5.75 Å². The van der Waals surface area contributed by atoms with Gasteiger partial charge in [0.1, 0.15) is 0 Å². The van der Waals surface area contributed by atoms with Crippen LogP contribution in [0.15, 0.2) is 0 Å². The van der Waals surface area contributed by atoms with Crippen LogP contribution in [-0.2, 0) is 4.79 Å². The predicted octanol–water partition coefficient (Wildman–Crippen LogP) is -0.216. The van der Waals surface area contributed by atoms with Crippen LogP contribution in [0.3, 0.4) is 0 Å². The molecule has 0 spiro atoms. The average Bonchev–Trinajstić information content (AvgIpc) is 2.06. The topological polar surface area (TPSA) is 41.1 Å². The minimum Gasteiger partial charge on any atom is -0.353 e. The largest absolute Gasteiger partial charge is 0.353 e. The number of carbonyl (C=O) groups is 1. The second-order valence-electron chi connectivity index (χ2n) is 2.75. The third-order valence-electron chi connectivity index (χ3n) is 1.85. The minimum atomic E-state index is 0.0419. The molecule has 0 saturated carbocycles. The summed E-state index contributed by atoms with van der Waals surface area (Å²) in [4.78, 5) is 10.9. The van der Waals surface area contributed by atoms with Gasteiger partial charge in [-0.25, -0.2) is 0 Å². The molecule has 0 aromatic heterocycles. The molecule has 0 radical (unpaired) electrons. The maximum Gasteiger partial charge on any atom is 0.229 e. The molecule has 0 bridgehead atoms. The molecule has 1 aliphatic heterocycles. The summed E-state index contributed by atoms with van der Waals surface area (Å²) >= 11 is 3.89. The van der Waals surface area contributed by atoms with Crippen molar-refractivity contribution in [1.82, 2.24) is 10.6 Å². The lowest BCUT2D eigenvalue weighted by molar-refractivity contribution is -0.119. The molecule has 4 heteroatoms. The Kier molecular flexibility index (Phi) is 3.72. The first-order chi connectivity index (χ1) is 5.33. The number of carbonyl (C=O) groups excluding carboxylic acids is 1. The van der Waals surface area contributed by atoms with Gasteiger partial charge < -0.3 is 10.6 Å². The van der Waals surface area contributed by atoms with E-state index in [0.717, 1.165) is 25.9 Å². The summed E-state index contributed by atoms with van der Waals surface area (Å²) in [5.41, 5.74) is 0. The molecule has 1 rings (SSSR count). The summed E-state index contributed by atoms with van der Waals surface area (Å²) < 4.78 is 0. The van der Waals surface area contributed by atoms with E-state index in [-0.39, 0.29) is 5.91 Å². The molecule has 11 heavy (non-hydrogen) atoms. The molecule has 1 amide bonds. The molecule has 0 unspecified atom stereocenters. The average molecular weight is 174 g/mol. The SMILES string of the molecule is O=C(CS)NC1CCNCC1. The summed E-state index contributed by atoms with van der Waals surface area (Å²) in [5.74, 6) is 0.337. The highest BCUT2D eigenvalue weighted by Crippen LogP contribution is 2.01. The fraction of sp³-hybridized carbons (Fsp3) is 0.857. The Labute approximate surface area is 72.3 Å². The zero-order valence-corrected chi connectivity index (χ0v) is 7.36. The monoisotopic (exact) mass is 174 g/mol. The lowest BCUT2D eigenvalue weighted by Gasteiger charge is -2.23. The Morgan fingerprint density at radius 2 is 2.18 bits per heavy atom. The highest BCUT2D eigenvalue weighted by molar-refractivity contribution is 7.81. The second kappa shape index (κ2) is 4.62. The number of hydrogen-bond acceptors (Lipinski definition) is 3. The Bertz CT molecular complexity index is 134. The van der Waals surface area contributed by atoms with Gasteiger partial charge in [-0.3, -0.25) is 4.79 Å². The first kappa shape index (κ1) is 8.87. The van der Waals surface area contributed by atoms with Crippen molar-refractivity contribution in [2.24, 2.45) is 0 Å². The van der Waals surface area contributed by atoms with Crippen molar-refractivity contribution in [1.29, 1.82) is 0 Å². The van der Waals surface area contributed by atoms with Crippen LogP contribution in [0.2, 0.25) is 0 Å². The quantitative estimate of drug-likeness (QED) is 0.507. The van der Waals surface area contributed by atoms with Crippen LogP contribution in [0.1, 0.15) is 12.8 Å². The van der Waals surface area contributed by atoms with Gasteiger partial charge in [0, 0.05) is 6.04 Å². The van der Waals surface area contributed by atoms with E-state index >= 15 is 0 Å². The van der Waals surface area contributed by atoms with E-state index < -0.39 is 0 Å². The van der Waals surface area contributed by atoms with E-state index in [1.54, 1.807) is 0 Å². The van der Waals surface area contributed by atoms with Crippen molar-refractivity contribution in [2.75, 3.05) is 18.8 Å². The third kappa shape index (κ3) is 3.12. The molecule has 64 valence electrons. The Morgan fingerprint density at radius 1 is 1.55 bits per heavy atom. The van der Waals surface area contributed by atoms with Crippen molar-refractivity contribution in [3.05, 3.63) is 0 Å². The van der Waals surface area contributed by atoms with Gasteiger partial charge in [0.2, 0.25) is 5.91 Å². The van der Waals surface area contributed by atoms with E-state index in [0.29, 0.717) is 11.8 Å². The first-order valence-corrected chi connectivity index (χ1v) is 4.57. The van der Waals surface area contributed by atoms with Crippen molar-refractivity contribution >= 4 is 18.5 Å². The molecule has 1 aliphatic rings. The molecule has 0 aliphatic carbocycles. The standard InChI is InChI=1S/C7H14N2OS/c10-7(5-11)9-6-1-3-8-4-2-6/h6,8,11H,1-5H2,(H,9,10). The minimum absolute atomic E-state index is 0.0419. The number of amides is 1. The van der Waals surface area contributed by atoms with Crippen LogP contribution in [-0.4, -0.2) is 30.8 Å². The highest BCUT2D eigenvalue weighted by atomic mass is 32.1. The van der Waals surface area contributed by atoms with Crippen molar-refractivity contribution in [3.8, 4) is 0 Å². The van der Waals surface area contributed by atoms with E-state index in [4.69, 9.17) is 0 Å². The van der Waals surface area contributed by atoms with Gasteiger partial charge in [-0.05, 0) is 25.9 Å². The van der Waals surface area contributed by atoms with Gasteiger partial charge in [-0.1, -0.05) is 0 Å². The molecular weight excluding hydrogens is 160 g/mol. The lowest BCUT2D eigenvalue weighted by atomic mass is 10.1. The van der Waals surface area contributed by atoms with Gasteiger partial charge >= 0.3 is 0 Å². The Balaban J connectivity index is 2.19. The molecule has 0 atom stereocenters. The summed E-state index contributed by atoms with van der Waals surface area (Å²) in [5, 5.41) is 6.15. The smallest absolute Gasteiger partial charge is 0.229 e. The van der Waals surface area contributed by atoms with Crippen LogP contribution in [0, 0.1) is 0 Å². The molecule has 1 heterocycles. The van der Waals surface area contributed by atoms with E-state index in [2.05, 4.69) is 23.3 Å². The van der Waals surface area contributed by atoms with Crippen LogP contribution in [0.25, 0.3) is 0 Å². The van der Waals surface area contributed by atoms with Crippen molar-refractivity contribution < 1.29 is 4.79 Å². The maximum atomic E-state index is 10.9. The van der Waals surface area contributed by atoms with E-state index in [1.807, 2.05) is 0 Å². The van der Waals surface area contributed by atoms with Gasteiger partial charge in [-0.15, -0.1) is 0 Å². The maximum absolute atomic E-state index is 10.9. The molecule has 2 N–H and O–H groups in total. The number of hydrogen-bond donors (Lipinski definition) is 3. The van der Waals surface area contributed by atoms with Crippen LogP contribution in [0.5, 0.6) is 0 Å². The summed E-state index contributed by atoms with van der Waals surface area (Å²) in [6.45, 7) is 2.02. The molecule has 3 nitrogen and oxygen atoms in total. The van der Waals surface area contributed by atoms with Crippen LogP contribution >= 0.6 is 12.6 Å². The van der Waals surface area contributed by atoms with Crippen LogP contribution in [0.4, 0.5) is 0 Å². The highest BCUT2D eigenvalue weighted by Gasteiger charge is 2.13. The molecule has 1 fully saturated rings. The lowest BCUT2D eigenvalue weighted by Crippen LogP contribution is -2.43. The second-order valence-corrected chi connectivity index (χ2v) is 3.07. The number of piperidine rings is 1. The summed E-state index contributed by atoms with van der Waals surface area (Å²) in [6, 6.07) is 0.371. The number of thiol groups is 1. The normalized spacial score (nSPS) is 19.7. The summed E-state index contributed by atoms with van der Waals surface area (Å²) in [6.07, 6.45) is 2.08.